The minimum Gasteiger partial charge on any atom is -0.480 e. The first-order valence-corrected chi connectivity index (χ1v) is 5.53. The van der Waals surface area contributed by atoms with E-state index in [1.54, 1.807) is 6.92 Å². The summed E-state index contributed by atoms with van der Waals surface area (Å²) in [6.45, 7) is 4.87. The van der Waals surface area contributed by atoms with Crippen molar-refractivity contribution in [2.24, 2.45) is 11.8 Å². The van der Waals surface area contributed by atoms with E-state index in [1.807, 2.05) is 12.2 Å². The van der Waals surface area contributed by atoms with Gasteiger partial charge in [-0.05, 0) is 19.3 Å². The van der Waals surface area contributed by atoms with Crippen LogP contribution in [0, 0.1) is 11.8 Å². The molecule has 3 atom stereocenters. The zero-order valence-electron chi connectivity index (χ0n) is 10.3. The molecule has 6 nitrogen and oxygen atoms in total. The number of rotatable bonds is 7. The van der Waals surface area contributed by atoms with Gasteiger partial charge >= 0.3 is 12.1 Å². The molecule has 0 aliphatic carbocycles. The average Bonchev–Trinajstić information content (AvgIpc) is 2.21. The summed E-state index contributed by atoms with van der Waals surface area (Å²) in [7, 11) is 0. The van der Waals surface area contributed by atoms with Crippen LogP contribution in [0.5, 0.6) is 0 Å². The zero-order valence-corrected chi connectivity index (χ0v) is 10.3. The molecule has 6 heteroatoms. The molecular weight excluding hydrogens is 226 g/mol. The first-order chi connectivity index (χ1) is 7.81. The Balaban J connectivity index is 5.00. The highest BCUT2D eigenvalue weighted by molar-refractivity contribution is 5.82. The van der Waals surface area contributed by atoms with Gasteiger partial charge in [0.1, 0.15) is 11.8 Å². The normalized spacial score (nSPS) is 15.7. The molecule has 1 amide bonds. The number of Topliss-reactive ketones (excluding diaryl/α,β-unsaturated/α-hetero) is 1. The maximum absolute atomic E-state index is 11.3. The van der Waals surface area contributed by atoms with E-state index in [-0.39, 0.29) is 5.78 Å². The van der Waals surface area contributed by atoms with Crippen LogP contribution in [0.2, 0.25) is 0 Å². The minimum atomic E-state index is -1.39. The Morgan fingerprint density at radius 2 is 1.76 bits per heavy atom. The number of amides is 1. The van der Waals surface area contributed by atoms with Gasteiger partial charge in [0, 0.05) is 5.92 Å². The Morgan fingerprint density at radius 1 is 1.24 bits per heavy atom. The summed E-state index contributed by atoms with van der Waals surface area (Å²) in [5.41, 5.74) is 0. The van der Waals surface area contributed by atoms with E-state index in [4.69, 9.17) is 10.2 Å². The van der Waals surface area contributed by atoms with Crippen molar-refractivity contribution in [1.29, 1.82) is 0 Å². The molecule has 17 heavy (non-hydrogen) atoms. The quantitative estimate of drug-likeness (QED) is 0.628. The van der Waals surface area contributed by atoms with Crippen molar-refractivity contribution in [1.82, 2.24) is 5.32 Å². The van der Waals surface area contributed by atoms with Crippen LogP contribution in [-0.2, 0) is 9.59 Å². The van der Waals surface area contributed by atoms with Gasteiger partial charge in [-0.1, -0.05) is 20.3 Å². The lowest BCUT2D eigenvalue weighted by atomic mass is 9.81. The second-order valence-corrected chi connectivity index (χ2v) is 4.12. The second kappa shape index (κ2) is 6.88. The molecule has 0 heterocycles. The number of aliphatic carboxylic acids is 1. The van der Waals surface area contributed by atoms with E-state index in [0.717, 1.165) is 0 Å². The standard InChI is InChI=1S/C11H19NO5/c1-4-5-8(6(2)7(3)13)9(10(14)15)12-11(16)17/h6,8-9,12H,4-5H2,1-3H3,(H,14,15)(H,16,17). The Kier molecular flexibility index (Phi) is 6.23. The number of carbonyl (C=O) groups excluding carboxylic acids is 1. The van der Waals surface area contributed by atoms with Crippen LogP contribution < -0.4 is 5.32 Å². The fourth-order valence-electron chi connectivity index (χ4n) is 1.83. The third kappa shape index (κ3) is 4.84. The molecule has 0 saturated heterocycles. The van der Waals surface area contributed by atoms with E-state index < -0.39 is 29.9 Å². The van der Waals surface area contributed by atoms with Crippen LogP contribution in [0.1, 0.15) is 33.6 Å². The highest BCUT2D eigenvalue weighted by Crippen LogP contribution is 2.23. The lowest BCUT2D eigenvalue weighted by Crippen LogP contribution is -2.48. The average molecular weight is 245 g/mol. The van der Waals surface area contributed by atoms with Crippen molar-refractivity contribution >= 4 is 17.8 Å². The van der Waals surface area contributed by atoms with Gasteiger partial charge in [0.25, 0.3) is 0 Å². The summed E-state index contributed by atoms with van der Waals surface area (Å²) in [5, 5.41) is 19.6. The molecule has 0 radical (unpaired) electrons. The number of carboxylic acid groups (broad SMARTS) is 2. The van der Waals surface area contributed by atoms with Crippen molar-refractivity contribution in [2.45, 2.75) is 39.7 Å². The van der Waals surface area contributed by atoms with E-state index >= 15 is 0 Å². The predicted molar refractivity (Wildman–Crippen MR) is 60.8 cm³/mol. The van der Waals surface area contributed by atoms with Gasteiger partial charge in [-0.2, -0.15) is 0 Å². The van der Waals surface area contributed by atoms with Gasteiger partial charge in [0.15, 0.2) is 0 Å². The Labute approximate surface area is 100 Å². The molecule has 3 N–H and O–H groups in total. The minimum absolute atomic E-state index is 0.137. The van der Waals surface area contributed by atoms with E-state index in [2.05, 4.69) is 0 Å². The summed E-state index contributed by atoms with van der Waals surface area (Å²) in [6, 6.07) is -1.24. The van der Waals surface area contributed by atoms with E-state index in [0.29, 0.717) is 12.8 Å². The second-order valence-electron chi connectivity index (χ2n) is 4.12. The third-order valence-corrected chi connectivity index (χ3v) is 2.88. The van der Waals surface area contributed by atoms with Crippen molar-refractivity contribution in [2.75, 3.05) is 0 Å². The summed E-state index contributed by atoms with van der Waals surface area (Å²) in [4.78, 5) is 32.9. The Bertz CT molecular complexity index is 302. The number of carbonyl (C=O) groups is 3. The van der Waals surface area contributed by atoms with Crippen LogP contribution in [0.4, 0.5) is 4.79 Å². The van der Waals surface area contributed by atoms with Crippen LogP contribution in [0.3, 0.4) is 0 Å². The molecular formula is C11H19NO5. The van der Waals surface area contributed by atoms with Gasteiger partial charge in [-0.25, -0.2) is 9.59 Å². The first-order valence-electron chi connectivity index (χ1n) is 5.53. The highest BCUT2D eigenvalue weighted by Gasteiger charge is 2.34. The van der Waals surface area contributed by atoms with Crippen LogP contribution in [0.15, 0.2) is 0 Å². The number of nitrogens with one attached hydrogen (secondary N) is 1. The summed E-state index contributed by atoms with van der Waals surface area (Å²) in [6.07, 6.45) is -0.222. The Morgan fingerprint density at radius 3 is 2.06 bits per heavy atom. The van der Waals surface area contributed by atoms with Crippen molar-refractivity contribution < 1.29 is 24.6 Å². The first kappa shape index (κ1) is 15.4. The van der Waals surface area contributed by atoms with Gasteiger partial charge in [0.2, 0.25) is 0 Å². The van der Waals surface area contributed by atoms with Crippen LogP contribution in [-0.4, -0.2) is 34.1 Å². The molecule has 0 aliphatic heterocycles. The topological polar surface area (TPSA) is 104 Å². The Hall–Kier alpha value is -1.59. The number of carboxylic acids is 1. The molecule has 0 aromatic carbocycles. The lowest BCUT2D eigenvalue weighted by Gasteiger charge is -2.27. The van der Waals surface area contributed by atoms with Crippen LogP contribution >= 0.6 is 0 Å². The third-order valence-electron chi connectivity index (χ3n) is 2.88. The molecule has 0 aromatic rings. The van der Waals surface area contributed by atoms with Crippen molar-refractivity contribution in [3.8, 4) is 0 Å². The highest BCUT2D eigenvalue weighted by atomic mass is 16.4. The monoisotopic (exact) mass is 245 g/mol. The van der Waals surface area contributed by atoms with Gasteiger partial charge in [-0.3, -0.25) is 4.79 Å². The molecule has 0 aromatic heterocycles. The summed E-state index contributed by atoms with van der Waals surface area (Å²) >= 11 is 0. The van der Waals surface area contributed by atoms with Gasteiger partial charge < -0.3 is 15.5 Å². The molecule has 0 bridgehead atoms. The fraction of sp³-hybridized carbons (Fsp3) is 0.727. The molecule has 3 unspecified atom stereocenters. The van der Waals surface area contributed by atoms with Gasteiger partial charge in [0.05, 0.1) is 0 Å². The summed E-state index contributed by atoms with van der Waals surface area (Å²) in [5.74, 6) is -2.39. The molecule has 0 spiro atoms. The molecule has 0 saturated carbocycles. The van der Waals surface area contributed by atoms with Crippen molar-refractivity contribution in [3.63, 3.8) is 0 Å². The van der Waals surface area contributed by atoms with E-state index in [9.17, 15) is 14.4 Å². The number of ketones is 1. The predicted octanol–water partition coefficient (Wildman–Crippen LogP) is 1.35. The maximum atomic E-state index is 11.3. The summed E-state index contributed by atoms with van der Waals surface area (Å²) < 4.78 is 0. The van der Waals surface area contributed by atoms with E-state index in [1.165, 1.54) is 6.92 Å². The maximum Gasteiger partial charge on any atom is 0.405 e. The smallest absolute Gasteiger partial charge is 0.405 e. The largest absolute Gasteiger partial charge is 0.480 e. The molecule has 0 fully saturated rings. The molecule has 98 valence electrons. The SMILES string of the molecule is CCCC(C(C)C(C)=O)C(NC(=O)O)C(=O)O. The number of hydrogen-bond donors (Lipinski definition) is 3. The number of hydrogen-bond acceptors (Lipinski definition) is 3. The molecule has 0 aliphatic rings. The van der Waals surface area contributed by atoms with Crippen LogP contribution in [0.25, 0.3) is 0 Å². The lowest BCUT2D eigenvalue weighted by molar-refractivity contribution is -0.142. The molecule has 0 rings (SSSR count). The zero-order chi connectivity index (χ0) is 13.6. The van der Waals surface area contributed by atoms with Crippen molar-refractivity contribution in [3.05, 3.63) is 0 Å². The fourth-order valence-corrected chi connectivity index (χ4v) is 1.83. The van der Waals surface area contributed by atoms with Gasteiger partial charge in [-0.15, -0.1) is 0 Å².